The number of aromatic nitrogens is 2. The Morgan fingerprint density at radius 3 is 2.41 bits per heavy atom. The first-order chi connectivity index (χ1) is 13.0. The van der Waals surface area contributed by atoms with E-state index in [2.05, 4.69) is 26.1 Å². The number of nitrogen functional groups attached to an aromatic ring is 1. The Hall–Kier alpha value is -3.68. The van der Waals surface area contributed by atoms with Crippen LogP contribution in [-0.2, 0) is 0 Å². The third-order valence-electron chi connectivity index (χ3n) is 3.94. The SMILES string of the molecule is CC(Nc1ncnc(NNC(=O)c2ccc(F)cc2)c1N)c1ccccc1. The summed E-state index contributed by atoms with van der Waals surface area (Å²) in [7, 11) is 0. The number of benzene rings is 2. The van der Waals surface area contributed by atoms with Gasteiger partial charge in [0.15, 0.2) is 11.6 Å². The van der Waals surface area contributed by atoms with Crippen LogP contribution in [0.25, 0.3) is 0 Å². The van der Waals surface area contributed by atoms with Crippen molar-refractivity contribution in [3.8, 4) is 0 Å². The highest BCUT2D eigenvalue weighted by Gasteiger charge is 2.13. The molecule has 0 aliphatic rings. The number of carbonyl (C=O) groups is 1. The molecule has 0 radical (unpaired) electrons. The molecule has 0 saturated carbocycles. The highest BCUT2D eigenvalue weighted by molar-refractivity contribution is 5.95. The van der Waals surface area contributed by atoms with E-state index in [1.54, 1.807) is 0 Å². The Balaban J connectivity index is 1.67. The molecule has 0 spiro atoms. The smallest absolute Gasteiger partial charge is 0.269 e. The van der Waals surface area contributed by atoms with E-state index in [1.165, 1.54) is 30.6 Å². The van der Waals surface area contributed by atoms with Gasteiger partial charge in [-0.25, -0.2) is 14.4 Å². The van der Waals surface area contributed by atoms with Crippen LogP contribution in [0, 0.1) is 5.82 Å². The molecule has 0 aliphatic carbocycles. The minimum Gasteiger partial charge on any atom is -0.393 e. The van der Waals surface area contributed by atoms with E-state index in [-0.39, 0.29) is 17.5 Å². The van der Waals surface area contributed by atoms with Gasteiger partial charge in [-0.05, 0) is 36.8 Å². The lowest BCUT2D eigenvalue weighted by molar-refractivity contribution is 0.0962. The van der Waals surface area contributed by atoms with Crippen molar-refractivity contribution < 1.29 is 9.18 Å². The van der Waals surface area contributed by atoms with Gasteiger partial charge >= 0.3 is 0 Å². The van der Waals surface area contributed by atoms with E-state index in [4.69, 9.17) is 5.73 Å². The zero-order valence-electron chi connectivity index (χ0n) is 14.6. The fraction of sp³-hybridized carbons (Fsp3) is 0.105. The van der Waals surface area contributed by atoms with Gasteiger partial charge < -0.3 is 11.1 Å². The van der Waals surface area contributed by atoms with Gasteiger partial charge in [-0.15, -0.1) is 0 Å². The Bertz CT molecular complexity index is 917. The van der Waals surface area contributed by atoms with Crippen molar-refractivity contribution in [2.45, 2.75) is 13.0 Å². The summed E-state index contributed by atoms with van der Waals surface area (Å²) in [5.41, 5.74) is 12.9. The summed E-state index contributed by atoms with van der Waals surface area (Å²) in [5, 5.41) is 3.22. The average Bonchev–Trinajstić information content (AvgIpc) is 2.69. The van der Waals surface area contributed by atoms with E-state index in [0.717, 1.165) is 5.56 Å². The summed E-state index contributed by atoms with van der Waals surface area (Å²) in [6.45, 7) is 1.99. The molecule has 27 heavy (non-hydrogen) atoms. The molecule has 0 aliphatic heterocycles. The van der Waals surface area contributed by atoms with Crippen LogP contribution in [0.15, 0.2) is 60.9 Å². The molecule has 3 rings (SSSR count). The highest BCUT2D eigenvalue weighted by atomic mass is 19.1. The number of anilines is 3. The van der Waals surface area contributed by atoms with Gasteiger partial charge in [0.05, 0.1) is 6.04 Å². The number of nitrogens with one attached hydrogen (secondary N) is 3. The van der Waals surface area contributed by atoms with Gasteiger partial charge in [0.2, 0.25) is 0 Å². The second-order valence-electron chi connectivity index (χ2n) is 5.85. The molecule has 0 bridgehead atoms. The first-order valence-electron chi connectivity index (χ1n) is 8.28. The fourth-order valence-corrected chi connectivity index (χ4v) is 2.43. The number of nitrogens with two attached hydrogens (primary N) is 1. The average molecular weight is 366 g/mol. The Morgan fingerprint density at radius 1 is 1.04 bits per heavy atom. The summed E-state index contributed by atoms with van der Waals surface area (Å²) in [6.07, 6.45) is 1.34. The molecular formula is C19H19FN6O. The Kier molecular flexibility index (Phi) is 5.46. The van der Waals surface area contributed by atoms with Crippen molar-refractivity contribution >= 4 is 23.2 Å². The number of halogens is 1. The number of hydrazine groups is 1. The summed E-state index contributed by atoms with van der Waals surface area (Å²) in [4.78, 5) is 20.3. The van der Waals surface area contributed by atoms with E-state index in [0.29, 0.717) is 11.4 Å². The summed E-state index contributed by atoms with van der Waals surface area (Å²) >= 11 is 0. The van der Waals surface area contributed by atoms with Crippen LogP contribution in [0.5, 0.6) is 0 Å². The number of carbonyl (C=O) groups excluding carboxylic acids is 1. The second kappa shape index (κ2) is 8.13. The Morgan fingerprint density at radius 2 is 1.70 bits per heavy atom. The van der Waals surface area contributed by atoms with E-state index in [9.17, 15) is 9.18 Å². The molecule has 5 N–H and O–H groups in total. The van der Waals surface area contributed by atoms with Gasteiger partial charge in [0, 0.05) is 5.56 Å². The van der Waals surface area contributed by atoms with E-state index >= 15 is 0 Å². The molecular weight excluding hydrogens is 347 g/mol. The molecule has 0 saturated heterocycles. The minimum atomic E-state index is -0.444. The van der Waals surface area contributed by atoms with Gasteiger partial charge in [0.25, 0.3) is 5.91 Å². The largest absolute Gasteiger partial charge is 0.393 e. The van der Waals surface area contributed by atoms with E-state index in [1.807, 2.05) is 37.3 Å². The molecule has 1 unspecified atom stereocenters. The van der Waals surface area contributed by atoms with E-state index < -0.39 is 11.7 Å². The number of hydrogen-bond donors (Lipinski definition) is 4. The predicted octanol–water partition coefficient (Wildman–Crippen LogP) is 3.13. The van der Waals surface area contributed by atoms with Gasteiger partial charge in [-0.2, -0.15) is 0 Å². The highest BCUT2D eigenvalue weighted by Crippen LogP contribution is 2.26. The number of hydrogen-bond acceptors (Lipinski definition) is 6. The zero-order chi connectivity index (χ0) is 19.2. The topological polar surface area (TPSA) is 105 Å². The van der Waals surface area contributed by atoms with Crippen LogP contribution in [0.4, 0.5) is 21.7 Å². The van der Waals surface area contributed by atoms with Crippen LogP contribution in [0.1, 0.15) is 28.9 Å². The molecule has 1 aromatic heterocycles. The zero-order valence-corrected chi connectivity index (χ0v) is 14.6. The normalized spacial score (nSPS) is 11.5. The third kappa shape index (κ3) is 4.49. The molecule has 3 aromatic rings. The standard InChI is InChI=1S/C19H19FN6O/c1-12(13-5-3-2-4-6-13)24-17-16(21)18(23-11-22-17)25-26-19(27)14-7-9-15(20)10-8-14/h2-12H,21H2,1H3,(H,26,27)(H2,22,23,24,25). The lowest BCUT2D eigenvalue weighted by Gasteiger charge is -2.17. The number of rotatable bonds is 6. The van der Waals surface area contributed by atoms with Crippen molar-refractivity contribution in [3.05, 3.63) is 77.9 Å². The maximum absolute atomic E-state index is 12.9. The van der Waals surface area contributed by atoms with Crippen molar-refractivity contribution in [2.24, 2.45) is 0 Å². The molecule has 1 heterocycles. The molecule has 1 amide bonds. The van der Waals surface area contributed by atoms with Crippen LogP contribution >= 0.6 is 0 Å². The summed E-state index contributed by atoms with van der Waals surface area (Å²) in [5.74, 6) is -0.161. The van der Waals surface area contributed by atoms with Crippen molar-refractivity contribution in [2.75, 3.05) is 16.5 Å². The number of nitrogens with zero attached hydrogens (tertiary/aromatic N) is 2. The molecule has 8 heteroatoms. The third-order valence-corrected chi connectivity index (χ3v) is 3.94. The first kappa shape index (κ1) is 18.1. The quantitative estimate of drug-likeness (QED) is 0.500. The molecule has 138 valence electrons. The van der Waals surface area contributed by atoms with Crippen LogP contribution in [-0.4, -0.2) is 15.9 Å². The van der Waals surface area contributed by atoms with Crippen LogP contribution in [0.3, 0.4) is 0 Å². The first-order valence-corrected chi connectivity index (χ1v) is 8.28. The van der Waals surface area contributed by atoms with Crippen LogP contribution in [0.2, 0.25) is 0 Å². The summed E-state index contributed by atoms with van der Waals surface area (Å²) in [6, 6.07) is 15.0. The van der Waals surface area contributed by atoms with Crippen LogP contribution < -0.4 is 21.9 Å². The Labute approximate surface area is 155 Å². The molecule has 1 atom stereocenters. The van der Waals surface area contributed by atoms with Crippen molar-refractivity contribution in [1.82, 2.24) is 15.4 Å². The van der Waals surface area contributed by atoms with Crippen molar-refractivity contribution in [1.29, 1.82) is 0 Å². The predicted molar refractivity (Wildman–Crippen MR) is 102 cm³/mol. The van der Waals surface area contributed by atoms with Gasteiger partial charge in [0.1, 0.15) is 17.8 Å². The second-order valence-corrected chi connectivity index (χ2v) is 5.85. The minimum absolute atomic E-state index is 0.0231. The fourth-order valence-electron chi connectivity index (χ4n) is 2.43. The van der Waals surface area contributed by atoms with Gasteiger partial charge in [-0.3, -0.25) is 15.6 Å². The van der Waals surface area contributed by atoms with Gasteiger partial charge in [-0.1, -0.05) is 30.3 Å². The summed E-state index contributed by atoms with van der Waals surface area (Å²) < 4.78 is 12.9. The molecule has 2 aromatic carbocycles. The lowest BCUT2D eigenvalue weighted by Crippen LogP contribution is -2.30. The number of amides is 1. The lowest BCUT2D eigenvalue weighted by atomic mass is 10.1. The monoisotopic (exact) mass is 366 g/mol. The molecule has 7 nitrogen and oxygen atoms in total. The maximum Gasteiger partial charge on any atom is 0.269 e. The molecule has 0 fully saturated rings. The maximum atomic E-state index is 12.9. The van der Waals surface area contributed by atoms with Crippen molar-refractivity contribution in [3.63, 3.8) is 0 Å².